The van der Waals surface area contributed by atoms with Crippen LogP contribution in [0.15, 0.2) is 0 Å². The van der Waals surface area contributed by atoms with Crippen LogP contribution in [0, 0.1) is 5.92 Å². The lowest BCUT2D eigenvalue weighted by Gasteiger charge is -2.40. The minimum atomic E-state index is -0.246. The molecule has 0 unspecified atom stereocenters. The van der Waals surface area contributed by atoms with E-state index in [0.717, 1.165) is 19.4 Å². The number of carbonyl (C=O) groups is 2. The summed E-state index contributed by atoms with van der Waals surface area (Å²) in [4.78, 5) is 29.0. The van der Waals surface area contributed by atoms with Gasteiger partial charge in [-0.15, -0.1) is 12.4 Å². The topological polar surface area (TPSA) is 61.9 Å². The number of morpholine rings is 1. The Morgan fingerprint density at radius 1 is 0.958 bits per heavy atom. The highest BCUT2D eigenvalue weighted by Gasteiger charge is 2.35. The Hall–Kier alpha value is -0.850. The van der Waals surface area contributed by atoms with E-state index in [4.69, 9.17) is 4.74 Å². The van der Waals surface area contributed by atoms with Crippen molar-refractivity contribution in [1.82, 2.24) is 15.1 Å². The first-order valence-electron chi connectivity index (χ1n) is 9.09. The molecule has 2 saturated heterocycles. The molecule has 7 heteroatoms. The van der Waals surface area contributed by atoms with Crippen LogP contribution in [0.2, 0.25) is 0 Å². The van der Waals surface area contributed by atoms with E-state index in [9.17, 15) is 9.59 Å². The van der Waals surface area contributed by atoms with E-state index in [-0.39, 0.29) is 36.4 Å². The van der Waals surface area contributed by atoms with Crippen LogP contribution in [0.3, 0.4) is 0 Å². The second-order valence-electron chi connectivity index (χ2n) is 6.99. The van der Waals surface area contributed by atoms with E-state index < -0.39 is 0 Å². The Morgan fingerprint density at radius 2 is 1.54 bits per heavy atom. The molecule has 2 atom stereocenters. The molecule has 138 valence electrons. The highest BCUT2D eigenvalue weighted by Crippen LogP contribution is 2.26. The van der Waals surface area contributed by atoms with Crippen LogP contribution in [0.4, 0.5) is 0 Å². The van der Waals surface area contributed by atoms with E-state index in [1.807, 2.05) is 16.7 Å². The van der Waals surface area contributed by atoms with Crippen molar-refractivity contribution < 1.29 is 14.3 Å². The third-order valence-electron chi connectivity index (χ3n) is 5.44. The Labute approximate surface area is 150 Å². The van der Waals surface area contributed by atoms with Crippen LogP contribution >= 0.6 is 12.4 Å². The Bertz CT molecular complexity index is 435. The number of nitrogens with one attached hydrogen (secondary N) is 1. The van der Waals surface area contributed by atoms with E-state index >= 15 is 0 Å². The smallest absolute Gasteiger partial charge is 0.242 e. The number of rotatable bonds is 2. The maximum atomic E-state index is 12.6. The van der Waals surface area contributed by atoms with Crippen molar-refractivity contribution in [3.8, 4) is 0 Å². The van der Waals surface area contributed by atoms with Gasteiger partial charge in [0, 0.05) is 38.6 Å². The number of nitrogens with zero attached hydrogens (tertiary/aromatic N) is 2. The third kappa shape index (κ3) is 4.41. The summed E-state index contributed by atoms with van der Waals surface area (Å²) in [6.45, 7) is 5.95. The molecular weight excluding hydrogens is 330 g/mol. The molecule has 3 fully saturated rings. The van der Waals surface area contributed by atoms with E-state index in [2.05, 4.69) is 5.32 Å². The summed E-state index contributed by atoms with van der Waals surface area (Å²) in [6, 6.07) is -0.246. The monoisotopic (exact) mass is 359 g/mol. The zero-order chi connectivity index (χ0) is 16.2. The largest absolute Gasteiger partial charge is 0.375 e. The van der Waals surface area contributed by atoms with Gasteiger partial charge in [0.2, 0.25) is 11.8 Å². The fourth-order valence-corrected chi connectivity index (χ4v) is 3.96. The van der Waals surface area contributed by atoms with Crippen molar-refractivity contribution in [1.29, 1.82) is 0 Å². The van der Waals surface area contributed by atoms with Crippen molar-refractivity contribution in [2.75, 3.05) is 39.3 Å². The summed E-state index contributed by atoms with van der Waals surface area (Å²) in [6.07, 6.45) is 5.62. The van der Waals surface area contributed by atoms with Gasteiger partial charge in [0.15, 0.2) is 0 Å². The molecule has 2 heterocycles. The Balaban J connectivity index is 0.00000208. The van der Waals surface area contributed by atoms with Crippen LogP contribution in [-0.4, -0.2) is 73.1 Å². The maximum Gasteiger partial charge on any atom is 0.242 e. The molecule has 1 aliphatic carbocycles. The summed E-state index contributed by atoms with van der Waals surface area (Å²) >= 11 is 0. The zero-order valence-corrected chi connectivity index (χ0v) is 15.4. The maximum absolute atomic E-state index is 12.6. The van der Waals surface area contributed by atoms with Gasteiger partial charge >= 0.3 is 0 Å². The number of halogens is 1. The molecule has 24 heavy (non-hydrogen) atoms. The molecule has 3 rings (SSSR count). The van der Waals surface area contributed by atoms with Gasteiger partial charge in [-0.05, 0) is 19.8 Å². The van der Waals surface area contributed by atoms with Crippen molar-refractivity contribution in [3.05, 3.63) is 0 Å². The first-order chi connectivity index (χ1) is 11.2. The molecule has 3 aliphatic rings. The quantitative estimate of drug-likeness (QED) is 0.800. The predicted molar refractivity (Wildman–Crippen MR) is 94.2 cm³/mol. The van der Waals surface area contributed by atoms with Gasteiger partial charge in [0.1, 0.15) is 6.04 Å². The van der Waals surface area contributed by atoms with Crippen molar-refractivity contribution >= 4 is 24.2 Å². The molecule has 0 aromatic carbocycles. The molecule has 1 saturated carbocycles. The molecule has 2 amide bonds. The SMILES string of the molecule is C[C@H]1OCCN[C@@H]1C(=O)N1CCN(C(=O)C2CCCCC2)CC1.Cl. The van der Waals surface area contributed by atoms with Crippen LogP contribution in [0.1, 0.15) is 39.0 Å². The van der Waals surface area contributed by atoms with Crippen molar-refractivity contribution in [2.24, 2.45) is 5.92 Å². The standard InChI is InChI=1S/C17H29N3O3.ClH/c1-13-15(18-7-12-23-13)17(22)20-10-8-19(9-11-20)16(21)14-5-3-2-4-6-14;/h13-15,18H,2-12H2,1H3;1H/t13-,15+;/m1./s1. The minimum Gasteiger partial charge on any atom is -0.375 e. The molecule has 0 radical (unpaired) electrons. The van der Waals surface area contributed by atoms with Crippen molar-refractivity contribution in [2.45, 2.75) is 51.2 Å². The third-order valence-corrected chi connectivity index (χ3v) is 5.44. The summed E-state index contributed by atoms with van der Waals surface area (Å²) in [5.74, 6) is 0.644. The van der Waals surface area contributed by atoms with Gasteiger partial charge in [-0.1, -0.05) is 19.3 Å². The van der Waals surface area contributed by atoms with Gasteiger partial charge < -0.3 is 19.9 Å². The highest BCUT2D eigenvalue weighted by atomic mass is 35.5. The normalized spacial score (nSPS) is 29.0. The Kier molecular flexibility index (Phi) is 7.32. The first-order valence-corrected chi connectivity index (χ1v) is 9.09. The molecule has 2 aliphatic heterocycles. The summed E-state index contributed by atoms with van der Waals surface area (Å²) in [7, 11) is 0. The molecule has 0 spiro atoms. The zero-order valence-electron chi connectivity index (χ0n) is 14.5. The summed E-state index contributed by atoms with van der Waals surface area (Å²) in [5, 5.41) is 3.25. The Morgan fingerprint density at radius 3 is 2.12 bits per heavy atom. The molecule has 6 nitrogen and oxygen atoms in total. The number of hydrogen-bond acceptors (Lipinski definition) is 4. The number of piperazine rings is 1. The predicted octanol–water partition coefficient (Wildman–Crippen LogP) is 1.04. The summed E-state index contributed by atoms with van der Waals surface area (Å²) in [5.41, 5.74) is 0. The molecule has 0 aromatic heterocycles. The number of carbonyl (C=O) groups excluding carboxylic acids is 2. The van der Waals surface area contributed by atoms with Gasteiger partial charge in [-0.2, -0.15) is 0 Å². The van der Waals surface area contributed by atoms with Crippen LogP contribution in [0.25, 0.3) is 0 Å². The fraction of sp³-hybridized carbons (Fsp3) is 0.882. The lowest BCUT2D eigenvalue weighted by molar-refractivity contribution is -0.146. The van der Waals surface area contributed by atoms with Gasteiger partial charge in [-0.3, -0.25) is 9.59 Å². The van der Waals surface area contributed by atoms with Crippen molar-refractivity contribution in [3.63, 3.8) is 0 Å². The lowest BCUT2D eigenvalue weighted by atomic mass is 9.88. The minimum absolute atomic E-state index is 0. The summed E-state index contributed by atoms with van der Waals surface area (Å²) < 4.78 is 5.57. The first kappa shape index (κ1) is 19.5. The average molecular weight is 360 g/mol. The second-order valence-corrected chi connectivity index (χ2v) is 6.99. The lowest BCUT2D eigenvalue weighted by Crippen LogP contribution is -2.60. The van der Waals surface area contributed by atoms with Crippen LogP contribution in [-0.2, 0) is 14.3 Å². The molecule has 0 aromatic rings. The average Bonchev–Trinajstić information content (AvgIpc) is 2.62. The molecule has 0 bridgehead atoms. The molecule has 1 N–H and O–H groups in total. The number of ether oxygens (including phenoxy) is 1. The fourth-order valence-electron chi connectivity index (χ4n) is 3.96. The number of hydrogen-bond donors (Lipinski definition) is 1. The van der Waals surface area contributed by atoms with Gasteiger partial charge in [0.25, 0.3) is 0 Å². The van der Waals surface area contributed by atoms with Gasteiger partial charge in [0.05, 0.1) is 12.7 Å². The molecular formula is C17H30ClN3O3. The second kappa shape index (κ2) is 9.02. The van der Waals surface area contributed by atoms with Gasteiger partial charge in [-0.25, -0.2) is 0 Å². The van der Waals surface area contributed by atoms with E-state index in [1.54, 1.807) is 0 Å². The highest BCUT2D eigenvalue weighted by molar-refractivity contribution is 5.85. The van der Waals surface area contributed by atoms with E-state index in [1.165, 1.54) is 19.3 Å². The number of amides is 2. The van der Waals surface area contributed by atoms with Crippen LogP contribution < -0.4 is 5.32 Å². The van der Waals surface area contributed by atoms with E-state index in [0.29, 0.717) is 38.7 Å². The van der Waals surface area contributed by atoms with Crippen LogP contribution in [0.5, 0.6) is 0 Å².